The fourth-order valence-electron chi connectivity index (χ4n) is 2.05. The number of carbonyl (C=O) groups is 2. The molecule has 0 radical (unpaired) electrons. The van der Waals surface area contributed by atoms with Gasteiger partial charge in [-0.1, -0.05) is 0 Å². The van der Waals surface area contributed by atoms with Crippen molar-refractivity contribution in [2.75, 3.05) is 19.0 Å². The van der Waals surface area contributed by atoms with Crippen LogP contribution < -0.4 is 9.64 Å². The van der Waals surface area contributed by atoms with Crippen molar-refractivity contribution >= 4 is 28.3 Å². The van der Waals surface area contributed by atoms with Crippen LogP contribution in [0.4, 0.5) is 13.9 Å². The summed E-state index contributed by atoms with van der Waals surface area (Å²) in [6.45, 7) is 2.81. The minimum absolute atomic E-state index is 0.0310. The van der Waals surface area contributed by atoms with Crippen molar-refractivity contribution in [2.24, 2.45) is 0 Å². The molecule has 0 aliphatic carbocycles. The Morgan fingerprint density at radius 3 is 2.22 bits per heavy atom. The minimum atomic E-state index is -2.92. The summed E-state index contributed by atoms with van der Waals surface area (Å²) in [4.78, 5) is 32.2. The molecule has 0 spiro atoms. The number of benzene rings is 1. The number of nitrogens with zero attached hydrogens (tertiary/aromatic N) is 3. The highest BCUT2D eigenvalue weighted by Gasteiger charge is 2.26. The van der Waals surface area contributed by atoms with E-state index in [2.05, 4.69) is 9.72 Å². The van der Waals surface area contributed by atoms with Gasteiger partial charge in [0.2, 0.25) is 0 Å². The average molecular weight is 397 g/mol. The molecule has 2 rings (SSSR count). The van der Waals surface area contributed by atoms with Gasteiger partial charge in [-0.15, -0.1) is 11.3 Å². The van der Waals surface area contributed by atoms with E-state index in [1.807, 2.05) is 20.8 Å². The first-order valence-corrected chi connectivity index (χ1v) is 8.95. The highest BCUT2D eigenvalue weighted by Crippen LogP contribution is 2.24. The van der Waals surface area contributed by atoms with Crippen molar-refractivity contribution in [3.05, 3.63) is 40.9 Å². The molecule has 1 aromatic heterocycles. The van der Waals surface area contributed by atoms with Gasteiger partial charge in [0.15, 0.2) is 5.13 Å². The predicted molar refractivity (Wildman–Crippen MR) is 99.8 cm³/mol. The second-order valence-electron chi connectivity index (χ2n) is 6.82. The third kappa shape index (κ3) is 5.00. The Hall–Kier alpha value is -2.55. The Balaban J connectivity index is 2.14. The largest absolute Gasteiger partial charge is 0.435 e. The maximum Gasteiger partial charge on any atom is 0.387 e. The van der Waals surface area contributed by atoms with Crippen LogP contribution in [0.1, 0.15) is 41.6 Å². The van der Waals surface area contributed by atoms with Crippen LogP contribution in [0, 0.1) is 0 Å². The quantitative estimate of drug-likeness (QED) is 0.768. The molecule has 0 saturated carbocycles. The van der Waals surface area contributed by atoms with Crippen molar-refractivity contribution in [3.63, 3.8) is 0 Å². The zero-order chi connectivity index (χ0) is 20.4. The molecule has 146 valence electrons. The van der Waals surface area contributed by atoms with Gasteiger partial charge in [0.25, 0.3) is 11.8 Å². The summed E-state index contributed by atoms with van der Waals surface area (Å²) in [7, 11) is 3.23. The molecule has 0 saturated heterocycles. The number of thiazole rings is 1. The molecule has 0 unspecified atom stereocenters. The standard InChI is InChI=1S/C18H21F2N3O3S/c1-18(2,3)23(5)15(25)13-10-27-17(21-13)22(4)14(24)11-6-8-12(9-7-11)26-16(19)20/h6-10,16H,1-5H3. The third-order valence-corrected chi connectivity index (χ3v) is 4.86. The number of alkyl halides is 2. The van der Waals surface area contributed by atoms with Crippen LogP contribution in [0.3, 0.4) is 0 Å². The lowest BCUT2D eigenvalue weighted by atomic mass is 10.1. The Kier molecular flexibility index (Phi) is 6.15. The smallest absolute Gasteiger partial charge is 0.387 e. The van der Waals surface area contributed by atoms with Gasteiger partial charge in [0.1, 0.15) is 11.4 Å². The van der Waals surface area contributed by atoms with Gasteiger partial charge in [0.05, 0.1) is 0 Å². The number of aromatic nitrogens is 1. The van der Waals surface area contributed by atoms with E-state index in [9.17, 15) is 18.4 Å². The highest BCUT2D eigenvalue weighted by atomic mass is 32.1. The number of hydrogen-bond acceptors (Lipinski definition) is 5. The summed E-state index contributed by atoms with van der Waals surface area (Å²) in [5.74, 6) is -0.646. The molecule has 1 heterocycles. The third-order valence-electron chi connectivity index (χ3n) is 3.94. The van der Waals surface area contributed by atoms with E-state index in [1.165, 1.54) is 47.5 Å². The van der Waals surface area contributed by atoms with Crippen molar-refractivity contribution in [3.8, 4) is 5.75 Å². The summed E-state index contributed by atoms with van der Waals surface area (Å²) in [6, 6.07) is 5.37. The van der Waals surface area contributed by atoms with Crippen LogP contribution in [0.25, 0.3) is 0 Å². The molecule has 2 aromatic rings. The number of rotatable bonds is 5. The predicted octanol–water partition coefficient (Wildman–Crippen LogP) is 3.89. The van der Waals surface area contributed by atoms with Gasteiger partial charge in [0, 0.05) is 30.6 Å². The first-order valence-electron chi connectivity index (χ1n) is 8.07. The van der Waals surface area contributed by atoms with Gasteiger partial charge in [-0.3, -0.25) is 14.5 Å². The van der Waals surface area contributed by atoms with Crippen molar-refractivity contribution in [2.45, 2.75) is 32.9 Å². The number of amides is 2. The second-order valence-corrected chi connectivity index (χ2v) is 7.65. The number of carbonyl (C=O) groups excluding carboxylic acids is 2. The number of anilines is 1. The van der Waals surface area contributed by atoms with Crippen LogP contribution in [0.15, 0.2) is 29.6 Å². The summed E-state index contributed by atoms with van der Waals surface area (Å²) in [5.41, 5.74) is 0.187. The molecule has 6 nitrogen and oxygen atoms in total. The summed E-state index contributed by atoms with van der Waals surface area (Å²) in [5, 5.41) is 1.96. The maximum atomic E-state index is 12.6. The number of hydrogen-bond donors (Lipinski definition) is 0. The molecule has 2 amide bonds. The molecule has 1 aromatic carbocycles. The molecular formula is C18H21F2N3O3S. The first-order chi connectivity index (χ1) is 12.5. The number of ether oxygens (including phenoxy) is 1. The molecule has 0 atom stereocenters. The van der Waals surface area contributed by atoms with E-state index >= 15 is 0 Å². The Morgan fingerprint density at radius 1 is 1.11 bits per heavy atom. The zero-order valence-corrected chi connectivity index (χ0v) is 16.5. The summed E-state index contributed by atoms with van der Waals surface area (Å²) >= 11 is 1.17. The van der Waals surface area contributed by atoms with Crippen molar-refractivity contribution < 1.29 is 23.1 Å². The van der Waals surface area contributed by atoms with Crippen molar-refractivity contribution in [1.82, 2.24) is 9.88 Å². The van der Waals surface area contributed by atoms with Crippen molar-refractivity contribution in [1.29, 1.82) is 0 Å². The topological polar surface area (TPSA) is 62.7 Å². The Labute approximate surface area is 160 Å². The van der Waals surface area contributed by atoms with Gasteiger partial charge >= 0.3 is 6.61 Å². The summed E-state index contributed by atoms with van der Waals surface area (Å²) in [6.07, 6.45) is 0. The lowest BCUT2D eigenvalue weighted by molar-refractivity contribution is -0.0498. The van der Waals surface area contributed by atoms with Crippen LogP contribution >= 0.6 is 11.3 Å². The average Bonchev–Trinajstić information content (AvgIpc) is 3.08. The van der Waals surface area contributed by atoms with Gasteiger partial charge in [-0.05, 0) is 45.0 Å². The van der Waals surface area contributed by atoms with Gasteiger partial charge in [-0.2, -0.15) is 8.78 Å². The van der Waals surface area contributed by atoms with Gasteiger partial charge < -0.3 is 9.64 Å². The molecular weight excluding hydrogens is 376 g/mol. The zero-order valence-electron chi connectivity index (χ0n) is 15.7. The lowest BCUT2D eigenvalue weighted by Gasteiger charge is -2.31. The van der Waals surface area contributed by atoms with Crippen LogP contribution in [0.5, 0.6) is 5.75 Å². The van der Waals surface area contributed by atoms with Crippen LogP contribution in [-0.4, -0.2) is 47.9 Å². The molecule has 0 aliphatic rings. The molecule has 0 N–H and O–H groups in total. The molecule has 0 fully saturated rings. The van der Waals surface area contributed by atoms with E-state index in [4.69, 9.17) is 0 Å². The van der Waals surface area contributed by atoms with Crippen LogP contribution in [0.2, 0.25) is 0 Å². The van der Waals surface area contributed by atoms with E-state index in [1.54, 1.807) is 17.3 Å². The van der Waals surface area contributed by atoms with E-state index in [0.717, 1.165) is 0 Å². The fraction of sp³-hybridized carbons (Fsp3) is 0.389. The van der Waals surface area contributed by atoms with E-state index < -0.39 is 6.61 Å². The maximum absolute atomic E-state index is 12.6. The first kappa shape index (κ1) is 20.8. The fourth-order valence-corrected chi connectivity index (χ4v) is 2.82. The second kappa shape index (κ2) is 7.99. The molecule has 27 heavy (non-hydrogen) atoms. The lowest BCUT2D eigenvalue weighted by Crippen LogP contribution is -2.42. The van der Waals surface area contributed by atoms with E-state index in [-0.39, 0.29) is 34.4 Å². The monoisotopic (exact) mass is 397 g/mol. The normalized spacial score (nSPS) is 11.4. The number of halogens is 2. The highest BCUT2D eigenvalue weighted by molar-refractivity contribution is 7.14. The molecule has 9 heteroatoms. The SMILES string of the molecule is CN(C(=O)c1ccc(OC(F)F)cc1)c1nc(C(=O)N(C)C(C)(C)C)cs1. The summed E-state index contributed by atoms with van der Waals surface area (Å²) < 4.78 is 28.6. The van der Waals surface area contributed by atoms with Crippen LogP contribution in [-0.2, 0) is 0 Å². The van der Waals surface area contributed by atoms with E-state index in [0.29, 0.717) is 5.13 Å². The Morgan fingerprint density at radius 2 is 1.70 bits per heavy atom. The molecule has 0 bridgehead atoms. The minimum Gasteiger partial charge on any atom is -0.435 e. The Bertz CT molecular complexity index is 816. The molecule has 0 aliphatic heterocycles. The van der Waals surface area contributed by atoms with Gasteiger partial charge in [-0.25, -0.2) is 4.98 Å².